The maximum absolute atomic E-state index is 12.2. The minimum absolute atomic E-state index is 0.0513. The van der Waals surface area contributed by atoms with Gasteiger partial charge in [-0.15, -0.1) is 0 Å². The van der Waals surface area contributed by atoms with Crippen LogP contribution in [0.3, 0.4) is 0 Å². The SMILES string of the molecule is O=C(Cc1ccc(Cl)cc1)N1CCC(OCCO)CC1. The summed E-state index contributed by atoms with van der Waals surface area (Å²) in [7, 11) is 0. The van der Waals surface area contributed by atoms with Crippen molar-refractivity contribution in [1.82, 2.24) is 4.90 Å². The van der Waals surface area contributed by atoms with Crippen molar-refractivity contribution in [2.24, 2.45) is 0 Å². The third kappa shape index (κ3) is 4.47. The van der Waals surface area contributed by atoms with E-state index >= 15 is 0 Å². The van der Waals surface area contributed by atoms with E-state index in [1.165, 1.54) is 0 Å². The highest BCUT2D eigenvalue weighted by Gasteiger charge is 2.22. The summed E-state index contributed by atoms with van der Waals surface area (Å²) < 4.78 is 5.49. The predicted octanol–water partition coefficient (Wildman–Crippen LogP) is 1.88. The molecule has 0 saturated carbocycles. The Hall–Kier alpha value is -1.10. The van der Waals surface area contributed by atoms with Crippen LogP contribution in [-0.2, 0) is 16.0 Å². The molecule has 0 atom stereocenters. The number of piperidine rings is 1. The number of ether oxygens (including phenoxy) is 1. The highest BCUT2D eigenvalue weighted by Crippen LogP contribution is 2.16. The minimum atomic E-state index is 0.0513. The van der Waals surface area contributed by atoms with Crippen LogP contribution in [0.15, 0.2) is 24.3 Å². The number of aliphatic hydroxyl groups excluding tert-OH is 1. The second-order valence-corrected chi connectivity index (χ2v) is 5.41. The maximum Gasteiger partial charge on any atom is 0.226 e. The number of benzene rings is 1. The summed E-state index contributed by atoms with van der Waals surface area (Å²) in [5.74, 6) is 0.146. The average Bonchev–Trinajstić information content (AvgIpc) is 2.48. The molecule has 1 heterocycles. The van der Waals surface area contributed by atoms with Crippen molar-refractivity contribution in [1.29, 1.82) is 0 Å². The van der Waals surface area contributed by atoms with Gasteiger partial charge in [0, 0.05) is 18.1 Å². The van der Waals surface area contributed by atoms with E-state index < -0.39 is 0 Å². The van der Waals surface area contributed by atoms with Crippen molar-refractivity contribution in [3.63, 3.8) is 0 Å². The Morgan fingerprint density at radius 2 is 1.95 bits per heavy atom. The van der Waals surface area contributed by atoms with Gasteiger partial charge in [-0.05, 0) is 30.5 Å². The van der Waals surface area contributed by atoms with Gasteiger partial charge >= 0.3 is 0 Å². The summed E-state index contributed by atoms with van der Waals surface area (Å²) in [6, 6.07) is 7.38. The van der Waals surface area contributed by atoms with Crippen molar-refractivity contribution >= 4 is 17.5 Å². The molecule has 1 aliphatic rings. The zero-order chi connectivity index (χ0) is 14.4. The summed E-state index contributed by atoms with van der Waals surface area (Å²) in [6.45, 7) is 1.88. The number of carbonyl (C=O) groups is 1. The van der Waals surface area contributed by atoms with Gasteiger partial charge in [0.15, 0.2) is 0 Å². The molecule has 5 heteroatoms. The number of likely N-dealkylation sites (tertiary alicyclic amines) is 1. The Morgan fingerprint density at radius 1 is 1.30 bits per heavy atom. The van der Waals surface area contributed by atoms with Gasteiger partial charge in [-0.2, -0.15) is 0 Å². The topological polar surface area (TPSA) is 49.8 Å². The quantitative estimate of drug-likeness (QED) is 0.903. The van der Waals surface area contributed by atoms with E-state index in [9.17, 15) is 4.79 Å². The molecule has 20 heavy (non-hydrogen) atoms. The number of aliphatic hydroxyl groups is 1. The van der Waals surface area contributed by atoms with Crippen molar-refractivity contribution in [3.05, 3.63) is 34.9 Å². The molecule has 1 aromatic carbocycles. The lowest BCUT2D eigenvalue weighted by Gasteiger charge is -2.32. The second-order valence-electron chi connectivity index (χ2n) is 4.98. The number of hydrogen-bond acceptors (Lipinski definition) is 3. The molecule has 1 N–H and O–H groups in total. The Bertz CT molecular complexity index is 427. The van der Waals surface area contributed by atoms with Gasteiger partial charge in [-0.1, -0.05) is 23.7 Å². The number of halogens is 1. The third-order valence-electron chi connectivity index (χ3n) is 3.51. The normalized spacial score (nSPS) is 16.4. The molecule has 0 aromatic heterocycles. The van der Waals surface area contributed by atoms with Crippen LogP contribution in [-0.4, -0.2) is 48.3 Å². The first-order valence-electron chi connectivity index (χ1n) is 6.93. The number of rotatable bonds is 5. The molecule has 0 bridgehead atoms. The standard InChI is InChI=1S/C15H20ClNO3/c16-13-3-1-12(2-4-13)11-15(19)17-7-5-14(6-8-17)20-10-9-18/h1-4,14,18H,5-11H2. The molecule has 0 spiro atoms. The summed E-state index contributed by atoms with van der Waals surface area (Å²) in [5, 5.41) is 9.41. The first kappa shape index (κ1) is 15.3. The molecule has 2 rings (SSSR count). The van der Waals surface area contributed by atoms with Crippen LogP contribution in [0.2, 0.25) is 5.02 Å². The highest BCUT2D eigenvalue weighted by atomic mass is 35.5. The van der Waals surface area contributed by atoms with Crippen molar-refractivity contribution in [3.8, 4) is 0 Å². The van der Waals surface area contributed by atoms with Gasteiger partial charge < -0.3 is 14.7 Å². The molecular formula is C15H20ClNO3. The fraction of sp³-hybridized carbons (Fsp3) is 0.533. The molecule has 1 aromatic rings. The predicted molar refractivity (Wildman–Crippen MR) is 77.8 cm³/mol. The average molecular weight is 298 g/mol. The molecule has 0 radical (unpaired) electrons. The van der Waals surface area contributed by atoms with E-state index in [2.05, 4.69) is 0 Å². The maximum atomic E-state index is 12.2. The van der Waals surface area contributed by atoms with E-state index in [0.29, 0.717) is 18.1 Å². The van der Waals surface area contributed by atoms with E-state index in [0.717, 1.165) is 31.5 Å². The molecule has 0 aliphatic carbocycles. The van der Waals surface area contributed by atoms with Crippen molar-refractivity contribution in [2.75, 3.05) is 26.3 Å². The Morgan fingerprint density at radius 3 is 2.55 bits per heavy atom. The number of hydrogen-bond donors (Lipinski definition) is 1. The van der Waals surface area contributed by atoms with E-state index in [4.69, 9.17) is 21.4 Å². The molecule has 1 saturated heterocycles. The number of amides is 1. The molecule has 0 unspecified atom stereocenters. The monoisotopic (exact) mass is 297 g/mol. The largest absolute Gasteiger partial charge is 0.394 e. The smallest absolute Gasteiger partial charge is 0.226 e. The minimum Gasteiger partial charge on any atom is -0.394 e. The molecule has 110 valence electrons. The summed E-state index contributed by atoms with van der Waals surface area (Å²) in [6.07, 6.45) is 2.26. The Labute approximate surface area is 124 Å². The lowest BCUT2D eigenvalue weighted by molar-refractivity contribution is -0.133. The Kier molecular flexibility index (Phi) is 5.83. The van der Waals surface area contributed by atoms with Gasteiger partial charge in [-0.3, -0.25) is 4.79 Å². The van der Waals surface area contributed by atoms with Gasteiger partial charge in [0.2, 0.25) is 5.91 Å². The van der Waals surface area contributed by atoms with Gasteiger partial charge in [-0.25, -0.2) is 0 Å². The van der Waals surface area contributed by atoms with E-state index in [1.807, 2.05) is 17.0 Å². The van der Waals surface area contributed by atoms with Gasteiger partial charge in [0.1, 0.15) is 0 Å². The summed E-state index contributed by atoms with van der Waals surface area (Å²) >= 11 is 5.83. The lowest BCUT2D eigenvalue weighted by Crippen LogP contribution is -2.41. The van der Waals surface area contributed by atoms with E-state index in [-0.39, 0.29) is 18.6 Å². The van der Waals surface area contributed by atoms with Crippen LogP contribution in [0.4, 0.5) is 0 Å². The molecule has 1 amide bonds. The zero-order valence-electron chi connectivity index (χ0n) is 11.4. The van der Waals surface area contributed by atoms with Crippen LogP contribution in [0, 0.1) is 0 Å². The summed E-state index contributed by atoms with van der Waals surface area (Å²) in [4.78, 5) is 14.1. The zero-order valence-corrected chi connectivity index (χ0v) is 12.2. The van der Waals surface area contributed by atoms with Gasteiger partial charge in [0.25, 0.3) is 0 Å². The highest BCUT2D eigenvalue weighted by molar-refractivity contribution is 6.30. The van der Waals surface area contributed by atoms with Crippen LogP contribution in [0.1, 0.15) is 18.4 Å². The first-order chi connectivity index (χ1) is 9.69. The lowest BCUT2D eigenvalue weighted by atomic mass is 10.1. The van der Waals surface area contributed by atoms with Crippen molar-refractivity contribution < 1.29 is 14.6 Å². The van der Waals surface area contributed by atoms with Crippen LogP contribution in [0.25, 0.3) is 0 Å². The van der Waals surface area contributed by atoms with Crippen LogP contribution in [0.5, 0.6) is 0 Å². The molecular weight excluding hydrogens is 278 g/mol. The number of nitrogens with zero attached hydrogens (tertiary/aromatic N) is 1. The second kappa shape index (κ2) is 7.62. The molecule has 1 fully saturated rings. The molecule has 4 nitrogen and oxygen atoms in total. The van der Waals surface area contributed by atoms with Gasteiger partial charge in [0.05, 0.1) is 25.7 Å². The van der Waals surface area contributed by atoms with Crippen LogP contribution < -0.4 is 0 Å². The fourth-order valence-corrected chi connectivity index (χ4v) is 2.51. The summed E-state index contributed by atoms with van der Waals surface area (Å²) in [5.41, 5.74) is 0.984. The molecule has 1 aliphatic heterocycles. The number of carbonyl (C=O) groups excluding carboxylic acids is 1. The van der Waals surface area contributed by atoms with Crippen molar-refractivity contribution in [2.45, 2.75) is 25.4 Å². The van der Waals surface area contributed by atoms with Crippen LogP contribution >= 0.6 is 11.6 Å². The van der Waals surface area contributed by atoms with E-state index in [1.54, 1.807) is 12.1 Å². The fourth-order valence-electron chi connectivity index (χ4n) is 2.38. The first-order valence-corrected chi connectivity index (χ1v) is 7.31. The third-order valence-corrected chi connectivity index (χ3v) is 3.76. The Balaban J connectivity index is 1.78.